The number of aromatic nitrogens is 5. The molecule has 128 valence electrons. The average molecular weight is 361 g/mol. The Morgan fingerprint density at radius 2 is 2.16 bits per heavy atom. The van der Waals surface area contributed by atoms with Crippen molar-refractivity contribution in [1.82, 2.24) is 24.7 Å². The van der Waals surface area contributed by atoms with Crippen LogP contribution in [0.2, 0.25) is 0 Å². The number of thiophene rings is 1. The van der Waals surface area contributed by atoms with E-state index in [-0.39, 0.29) is 11.3 Å². The normalized spacial score (nSPS) is 11.9. The summed E-state index contributed by atoms with van der Waals surface area (Å²) in [6.45, 7) is 4.38. The molecule has 0 saturated carbocycles. The highest BCUT2D eigenvalue weighted by atomic mass is 32.1. The van der Waals surface area contributed by atoms with E-state index in [1.165, 1.54) is 6.07 Å². The number of hydrogen-bond donors (Lipinski definition) is 1. The van der Waals surface area contributed by atoms with Crippen LogP contribution in [-0.2, 0) is 6.54 Å². The van der Waals surface area contributed by atoms with Gasteiger partial charge in [0.05, 0.1) is 17.3 Å². The number of H-pyrrole nitrogens is 1. The van der Waals surface area contributed by atoms with Crippen molar-refractivity contribution in [2.75, 3.05) is 0 Å². The number of nitrogens with zero attached hydrogens (tertiary/aromatic N) is 4. The average Bonchev–Trinajstić information content (AvgIpc) is 3.19. The van der Waals surface area contributed by atoms with Gasteiger partial charge in [-0.05, 0) is 25.5 Å². The molecule has 0 spiro atoms. The summed E-state index contributed by atoms with van der Waals surface area (Å²) in [7, 11) is 0. The zero-order valence-corrected chi connectivity index (χ0v) is 14.2. The van der Waals surface area contributed by atoms with Crippen LogP contribution < -0.4 is 5.56 Å². The number of pyridine rings is 1. The molecule has 25 heavy (non-hydrogen) atoms. The Morgan fingerprint density at radius 3 is 2.84 bits per heavy atom. The smallest absolute Gasteiger partial charge is 0.280 e. The number of alkyl halides is 2. The summed E-state index contributed by atoms with van der Waals surface area (Å²) in [5, 5.41) is 4.82. The van der Waals surface area contributed by atoms with E-state index in [1.54, 1.807) is 24.0 Å². The highest BCUT2D eigenvalue weighted by Gasteiger charge is 2.19. The fourth-order valence-corrected chi connectivity index (χ4v) is 3.85. The number of fused-ring (bicyclic) bond motifs is 3. The lowest BCUT2D eigenvalue weighted by molar-refractivity contribution is 0.146. The van der Waals surface area contributed by atoms with Crippen molar-refractivity contribution >= 4 is 31.8 Å². The first-order valence-corrected chi connectivity index (χ1v) is 8.44. The minimum Gasteiger partial charge on any atom is -0.305 e. The minimum atomic E-state index is -2.66. The lowest BCUT2D eigenvalue weighted by Crippen LogP contribution is -2.07. The number of hydrogen-bond acceptors (Lipinski definition) is 5. The fourth-order valence-electron chi connectivity index (χ4n) is 2.76. The second-order valence-electron chi connectivity index (χ2n) is 5.62. The monoisotopic (exact) mass is 361 g/mol. The van der Waals surface area contributed by atoms with Gasteiger partial charge in [0.2, 0.25) is 0 Å². The third-order valence-electron chi connectivity index (χ3n) is 3.97. The molecular formula is C16H13F2N5OS. The van der Waals surface area contributed by atoms with Crippen LogP contribution in [0.5, 0.6) is 0 Å². The minimum absolute atomic E-state index is 0.294. The molecule has 0 aliphatic carbocycles. The van der Waals surface area contributed by atoms with Crippen LogP contribution in [0.3, 0.4) is 0 Å². The van der Waals surface area contributed by atoms with Crippen LogP contribution in [0.1, 0.15) is 24.6 Å². The van der Waals surface area contributed by atoms with Gasteiger partial charge in [-0.1, -0.05) is 0 Å². The fraction of sp³-hybridized carbons (Fsp3) is 0.250. The Balaban J connectivity index is 2.01. The van der Waals surface area contributed by atoms with E-state index in [0.29, 0.717) is 43.9 Å². The first kappa shape index (κ1) is 15.8. The van der Waals surface area contributed by atoms with E-state index in [1.807, 2.05) is 6.92 Å². The predicted octanol–water partition coefficient (Wildman–Crippen LogP) is 3.66. The van der Waals surface area contributed by atoms with Gasteiger partial charge in [-0.2, -0.15) is 5.10 Å². The number of rotatable bonds is 3. The standard InChI is InChI=1S/C16H13F2N5OS/c1-3-23-6-8(5-19-23)14-21-11-10-7(2)4-9(13(17)18)20-16(10)25-12(11)15(24)22-14/h4-6,13H,3H2,1-2H3,(H,21,22,24). The van der Waals surface area contributed by atoms with Crippen molar-refractivity contribution in [3.8, 4) is 11.4 Å². The van der Waals surface area contributed by atoms with Crippen LogP contribution >= 0.6 is 11.3 Å². The van der Waals surface area contributed by atoms with Gasteiger partial charge in [-0.15, -0.1) is 11.3 Å². The summed E-state index contributed by atoms with van der Waals surface area (Å²) < 4.78 is 28.1. The van der Waals surface area contributed by atoms with Gasteiger partial charge in [0.1, 0.15) is 21.0 Å². The molecule has 4 rings (SSSR count). The maximum Gasteiger partial charge on any atom is 0.280 e. The van der Waals surface area contributed by atoms with Crippen LogP contribution in [0.4, 0.5) is 8.78 Å². The first-order chi connectivity index (χ1) is 12.0. The Bertz CT molecular complexity index is 1160. The molecule has 6 nitrogen and oxygen atoms in total. The Labute approximate surface area is 144 Å². The first-order valence-electron chi connectivity index (χ1n) is 7.63. The highest BCUT2D eigenvalue weighted by molar-refractivity contribution is 7.25. The Kier molecular flexibility index (Phi) is 3.60. The molecule has 4 aromatic heterocycles. The third-order valence-corrected chi connectivity index (χ3v) is 5.04. The molecule has 0 bridgehead atoms. The summed E-state index contributed by atoms with van der Waals surface area (Å²) in [5.41, 5.74) is 1.19. The van der Waals surface area contributed by atoms with Crippen LogP contribution in [0.15, 0.2) is 23.3 Å². The molecule has 0 aliphatic heterocycles. The van der Waals surface area contributed by atoms with Crippen molar-refractivity contribution < 1.29 is 8.78 Å². The van der Waals surface area contributed by atoms with E-state index < -0.39 is 6.43 Å². The van der Waals surface area contributed by atoms with E-state index in [4.69, 9.17) is 0 Å². The molecule has 4 heterocycles. The Hall–Kier alpha value is -2.68. The molecule has 0 saturated heterocycles. The number of halogens is 2. The van der Waals surface area contributed by atoms with E-state index in [2.05, 4.69) is 20.1 Å². The van der Waals surface area contributed by atoms with Gasteiger partial charge in [0, 0.05) is 18.1 Å². The number of aryl methyl sites for hydroxylation is 2. The molecule has 0 fully saturated rings. The zero-order chi connectivity index (χ0) is 17.7. The molecule has 0 atom stereocenters. The lowest BCUT2D eigenvalue weighted by Gasteiger charge is -2.02. The highest BCUT2D eigenvalue weighted by Crippen LogP contribution is 2.34. The molecule has 0 amide bonds. The molecule has 9 heteroatoms. The maximum absolute atomic E-state index is 13.0. The van der Waals surface area contributed by atoms with Gasteiger partial charge in [-0.3, -0.25) is 9.48 Å². The lowest BCUT2D eigenvalue weighted by atomic mass is 10.1. The molecule has 0 unspecified atom stereocenters. The molecule has 0 aliphatic rings. The summed E-state index contributed by atoms with van der Waals surface area (Å²) in [5.74, 6) is 0.397. The van der Waals surface area contributed by atoms with Crippen LogP contribution in [0, 0.1) is 6.92 Å². The second kappa shape index (κ2) is 5.69. The van der Waals surface area contributed by atoms with Gasteiger partial charge in [0.15, 0.2) is 0 Å². The van der Waals surface area contributed by atoms with Crippen molar-refractivity contribution in [3.05, 3.63) is 40.1 Å². The Morgan fingerprint density at radius 1 is 1.36 bits per heavy atom. The van der Waals surface area contributed by atoms with Gasteiger partial charge in [-0.25, -0.2) is 18.7 Å². The van der Waals surface area contributed by atoms with Crippen molar-refractivity contribution in [2.24, 2.45) is 0 Å². The largest absolute Gasteiger partial charge is 0.305 e. The van der Waals surface area contributed by atoms with Crippen LogP contribution in [-0.4, -0.2) is 24.7 Å². The van der Waals surface area contributed by atoms with Gasteiger partial charge >= 0.3 is 0 Å². The predicted molar refractivity (Wildman–Crippen MR) is 92.1 cm³/mol. The zero-order valence-electron chi connectivity index (χ0n) is 13.4. The van der Waals surface area contributed by atoms with E-state index in [0.717, 1.165) is 11.3 Å². The summed E-state index contributed by atoms with van der Waals surface area (Å²) in [4.78, 5) is 24.1. The summed E-state index contributed by atoms with van der Waals surface area (Å²) in [6, 6.07) is 1.34. The SMILES string of the molecule is CCn1cc(-c2nc3c(sc4nc(C(F)F)cc(C)c43)c(=O)[nH]2)cn1. The van der Waals surface area contributed by atoms with E-state index >= 15 is 0 Å². The number of aromatic amines is 1. The second-order valence-corrected chi connectivity index (χ2v) is 6.62. The summed E-state index contributed by atoms with van der Waals surface area (Å²) in [6.07, 6.45) is 0.760. The van der Waals surface area contributed by atoms with Crippen molar-refractivity contribution in [1.29, 1.82) is 0 Å². The topological polar surface area (TPSA) is 76.5 Å². The maximum atomic E-state index is 13.0. The molecule has 4 aromatic rings. The number of nitrogens with one attached hydrogen (secondary N) is 1. The van der Waals surface area contributed by atoms with Gasteiger partial charge in [0.25, 0.3) is 12.0 Å². The molecule has 0 aromatic carbocycles. The van der Waals surface area contributed by atoms with Crippen molar-refractivity contribution in [2.45, 2.75) is 26.8 Å². The summed E-state index contributed by atoms with van der Waals surface area (Å²) >= 11 is 1.08. The van der Waals surface area contributed by atoms with Crippen molar-refractivity contribution in [3.63, 3.8) is 0 Å². The third kappa shape index (κ3) is 2.51. The van der Waals surface area contributed by atoms with E-state index in [9.17, 15) is 13.6 Å². The van der Waals surface area contributed by atoms with Gasteiger partial charge < -0.3 is 4.98 Å². The molecule has 1 N–H and O–H groups in total. The van der Waals surface area contributed by atoms with Crippen LogP contribution in [0.25, 0.3) is 31.8 Å². The quantitative estimate of drug-likeness (QED) is 0.604. The molecule has 0 radical (unpaired) electrons. The molecular weight excluding hydrogens is 348 g/mol.